The Morgan fingerprint density at radius 1 is 0.833 bits per heavy atom. The van der Waals surface area contributed by atoms with Crippen molar-refractivity contribution in [2.24, 2.45) is 5.10 Å². The van der Waals surface area contributed by atoms with Crippen molar-refractivity contribution in [1.82, 2.24) is 10.7 Å². The maximum Gasteiger partial charge on any atom is 0.329 e. The molecule has 30 heavy (non-hydrogen) atoms. The second-order valence-electron chi connectivity index (χ2n) is 7.10. The zero-order chi connectivity index (χ0) is 20.9. The molecule has 4 rings (SSSR count). The number of aryl methyl sites for hydroxylation is 1. The van der Waals surface area contributed by atoms with Gasteiger partial charge in [-0.2, -0.15) is 5.10 Å². The van der Waals surface area contributed by atoms with E-state index >= 15 is 0 Å². The highest BCUT2D eigenvalue weighted by molar-refractivity contribution is 6.35. The first-order valence-corrected chi connectivity index (χ1v) is 9.69. The molecule has 0 saturated heterocycles. The minimum Gasteiger partial charge on any atom is -0.344 e. The van der Waals surface area contributed by atoms with Crippen LogP contribution in [-0.4, -0.2) is 18.0 Å². The van der Waals surface area contributed by atoms with Crippen molar-refractivity contribution in [2.75, 3.05) is 0 Å². The van der Waals surface area contributed by atoms with Gasteiger partial charge in [0, 0.05) is 12.1 Å². The largest absolute Gasteiger partial charge is 0.344 e. The molecule has 0 bridgehead atoms. The fourth-order valence-corrected chi connectivity index (χ4v) is 3.36. The molecule has 0 aliphatic heterocycles. The van der Waals surface area contributed by atoms with Gasteiger partial charge in [-0.25, -0.2) is 5.43 Å². The normalized spacial score (nSPS) is 11.1. The molecule has 0 fully saturated rings. The summed E-state index contributed by atoms with van der Waals surface area (Å²) in [5, 5.41) is 10.9. The van der Waals surface area contributed by atoms with Crippen LogP contribution in [0.4, 0.5) is 0 Å². The molecule has 0 aliphatic rings. The van der Waals surface area contributed by atoms with E-state index in [4.69, 9.17) is 0 Å². The summed E-state index contributed by atoms with van der Waals surface area (Å²) in [6.45, 7) is 2.27. The van der Waals surface area contributed by atoms with E-state index in [1.165, 1.54) is 0 Å². The average Bonchev–Trinajstić information content (AvgIpc) is 2.78. The van der Waals surface area contributed by atoms with Crippen molar-refractivity contribution in [3.05, 3.63) is 95.6 Å². The van der Waals surface area contributed by atoms with Crippen LogP contribution >= 0.6 is 0 Å². The number of amides is 2. The number of hydrogen-bond donors (Lipinski definition) is 2. The number of nitrogens with one attached hydrogen (secondary N) is 2. The molecule has 0 aliphatic carbocycles. The Bertz CT molecular complexity index is 1210. The predicted octanol–water partition coefficient (Wildman–Crippen LogP) is 4.07. The number of nitrogens with zero attached hydrogens (tertiary/aromatic N) is 1. The number of carbonyl (C=O) groups excluding carboxylic acids is 2. The summed E-state index contributed by atoms with van der Waals surface area (Å²) in [7, 11) is 0. The summed E-state index contributed by atoms with van der Waals surface area (Å²) in [6, 6.07) is 25.9. The topological polar surface area (TPSA) is 70.6 Å². The first-order chi connectivity index (χ1) is 14.6. The van der Waals surface area contributed by atoms with Gasteiger partial charge in [-0.15, -0.1) is 0 Å². The second kappa shape index (κ2) is 8.57. The third kappa shape index (κ3) is 4.20. The molecular formula is C25H21N3O2. The summed E-state index contributed by atoms with van der Waals surface area (Å²) in [4.78, 5) is 24.2. The van der Waals surface area contributed by atoms with Gasteiger partial charge in [0.1, 0.15) is 0 Å². The van der Waals surface area contributed by atoms with Crippen LogP contribution in [0.2, 0.25) is 0 Å². The van der Waals surface area contributed by atoms with Crippen LogP contribution in [0.15, 0.2) is 84.0 Å². The van der Waals surface area contributed by atoms with E-state index in [0.29, 0.717) is 0 Å². The average molecular weight is 395 g/mol. The molecule has 0 spiro atoms. The Morgan fingerprint density at radius 3 is 2.07 bits per heavy atom. The Morgan fingerprint density at radius 2 is 1.43 bits per heavy atom. The van der Waals surface area contributed by atoms with Crippen LogP contribution in [0.3, 0.4) is 0 Å². The van der Waals surface area contributed by atoms with E-state index in [-0.39, 0.29) is 6.54 Å². The number of hydrogen-bond acceptors (Lipinski definition) is 3. The summed E-state index contributed by atoms with van der Waals surface area (Å²) >= 11 is 0. The predicted molar refractivity (Wildman–Crippen MR) is 120 cm³/mol. The quantitative estimate of drug-likeness (QED) is 0.237. The van der Waals surface area contributed by atoms with Crippen molar-refractivity contribution in [1.29, 1.82) is 0 Å². The highest BCUT2D eigenvalue weighted by Crippen LogP contribution is 2.27. The van der Waals surface area contributed by atoms with E-state index < -0.39 is 11.8 Å². The fourth-order valence-electron chi connectivity index (χ4n) is 3.36. The van der Waals surface area contributed by atoms with Gasteiger partial charge >= 0.3 is 11.8 Å². The molecule has 2 amide bonds. The van der Waals surface area contributed by atoms with Gasteiger partial charge in [0.2, 0.25) is 0 Å². The van der Waals surface area contributed by atoms with Crippen LogP contribution in [0.1, 0.15) is 16.7 Å². The highest BCUT2D eigenvalue weighted by Gasteiger charge is 2.12. The summed E-state index contributed by atoms with van der Waals surface area (Å²) in [5.74, 6) is -1.53. The number of rotatable bonds is 4. The van der Waals surface area contributed by atoms with Gasteiger partial charge in [-0.05, 0) is 40.1 Å². The number of benzene rings is 4. The molecule has 0 atom stereocenters. The maximum absolute atomic E-state index is 12.1. The molecule has 148 valence electrons. The lowest BCUT2D eigenvalue weighted by molar-refractivity contribution is -0.139. The van der Waals surface area contributed by atoms with Gasteiger partial charge < -0.3 is 5.32 Å². The smallest absolute Gasteiger partial charge is 0.329 e. The van der Waals surface area contributed by atoms with E-state index in [1.807, 2.05) is 79.7 Å². The van der Waals surface area contributed by atoms with Gasteiger partial charge in [0.15, 0.2) is 0 Å². The summed E-state index contributed by atoms with van der Waals surface area (Å²) < 4.78 is 0. The van der Waals surface area contributed by atoms with E-state index in [2.05, 4.69) is 21.9 Å². The molecule has 0 aromatic heterocycles. The van der Waals surface area contributed by atoms with Crippen LogP contribution in [-0.2, 0) is 16.1 Å². The van der Waals surface area contributed by atoms with Crippen molar-refractivity contribution >= 4 is 39.6 Å². The van der Waals surface area contributed by atoms with E-state index in [0.717, 1.165) is 38.2 Å². The second-order valence-corrected chi connectivity index (χ2v) is 7.10. The zero-order valence-corrected chi connectivity index (χ0v) is 16.6. The lowest BCUT2D eigenvalue weighted by Crippen LogP contribution is -2.37. The molecule has 0 saturated carbocycles. The molecule has 5 heteroatoms. The molecule has 0 heterocycles. The Labute approximate surface area is 174 Å². The fraction of sp³-hybridized carbons (Fsp3) is 0.0800. The van der Waals surface area contributed by atoms with Gasteiger partial charge in [0.05, 0.1) is 6.21 Å². The number of hydrazone groups is 1. The van der Waals surface area contributed by atoms with E-state index in [9.17, 15) is 9.59 Å². The monoisotopic (exact) mass is 395 g/mol. The zero-order valence-electron chi connectivity index (χ0n) is 16.6. The Balaban J connectivity index is 1.48. The lowest BCUT2D eigenvalue weighted by atomic mass is 9.97. The molecule has 4 aromatic rings. The lowest BCUT2D eigenvalue weighted by Gasteiger charge is -2.08. The molecule has 0 radical (unpaired) electrons. The molecule has 4 aromatic carbocycles. The van der Waals surface area contributed by atoms with Crippen LogP contribution in [0.5, 0.6) is 0 Å². The Hall–Kier alpha value is -3.99. The number of fused-ring (bicyclic) bond motifs is 2. The van der Waals surface area contributed by atoms with Gasteiger partial charge in [-0.3, -0.25) is 9.59 Å². The van der Waals surface area contributed by atoms with Crippen molar-refractivity contribution in [3.8, 4) is 0 Å². The van der Waals surface area contributed by atoms with E-state index in [1.54, 1.807) is 6.21 Å². The third-order valence-electron chi connectivity index (χ3n) is 4.95. The molecule has 0 unspecified atom stereocenters. The molecule has 5 nitrogen and oxygen atoms in total. The Kier molecular flexibility index (Phi) is 5.52. The standard InChI is InChI=1S/C25H21N3O2/c1-17-10-12-18(13-11-17)15-26-24(29)25(30)28-27-16-23-21-8-4-2-6-19(21)14-20-7-3-5-9-22(20)23/h2-14,16H,15H2,1H3,(H,26,29)(H,28,30)/b27-16-. The van der Waals surface area contributed by atoms with Crippen molar-refractivity contribution in [2.45, 2.75) is 13.5 Å². The molecule has 2 N–H and O–H groups in total. The maximum atomic E-state index is 12.1. The van der Waals surface area contributed by atoms with Crippen molar-refractivity contribution < 1.29 is 9.59 Å². The van der Waals surface area contributed by atoms with Crippen LogP contribution < -0.4 is 10.7 Å². The number of carbonyl (C=O) groups is 2. The minimum absolute atomic E-state index is 0.282. The SMILES string of the molecule is Cc1ccc(CNC(=O)C(=O)N/N=C\c2c3ccccc3cc3ccccc23)cc1. The summed E-state index contributed by atoms with van der Waals surface area (Å²) in [6.07, 6.45) is 1.59. The first-order valence-electron chi connectivity index (χ1n) is 9.69. The van der Waals surface area contributed by atoms with Crippen LogP contribution in [0, 0.1) is 6.92 Å². The summed E-state index contributed by atoms with van der Waals surface area (Å²) in [5.41, 5.74) is 5.28. The highest BCUT2D eigenvalue weighted by atomic mass is 16.2. The minimum atomic E-state index is -0.803. The van der Waals surface area contributed by atoms with Crippen LogP contribution in [0.25, 0.3) is 21.5 Å². The molecular weight excluding hydrogens is 374 g/mol. The van der Waals surface area contributed by atoms with Crippen molar-refractivity contribution in [3.63, 3.8) is 0 Å². The van der Waals surface area contributed by atoms with Gasteiger partial charge in [-0.1, -0.05) is 78.4 Å². The first kappa shape index (κ1) is 19.3. The van der Waals surface area contributed by atoms with Gasteiger partial charge in [0.25, 0.3) is 0 Å². The third-order valence-corrected chi connectivity index (χ3v) is 4.95.